The molecule has 2 aliphatic heterocycles. The van der Waals surface area contributed by atoms with Crippen LogP contribution in [0.25, 0.3) is 0 Å². The molecule has 0 aromatic heterocycles. The van der Waals surface area contributed by atoms with Crippen molar-refractivity contribution >= 4 is 23.5 Å². The van der Waals surface area contributed by atoms with Crippen LogP contribution >= 0.6 is 0 Å². The van der Waals surface area contributed by atoms with Crippen molar-refractivity contribution < 1.29 is 29.0 Å². The molecule has 0 saturated carbocycles. The van der Waals surface area contributed by atoms with Crippen LogP contribution < -0.4 is 10.6 Å². The van der Waals surface area contributed by atoms with Gasteiger partial charge in [-0.25, -0.2) is 0 Å². The minimum Gasteiger partial charge on any atom is -0.391 e. The minimum atomic E-state index is -1.28. The number of Topliss-reactive ketones (excluding diaryl/α,β-unsaturated/α-hetero) is 1. The summed E-state index contributed by atoms with van der Waals surface area (Å²) in [5, 5.41) is 15.9. The highest BCUT2D eigenvalue weighted by molar-refractivity contribution is 5.98. The molecule has 8 atom stereocenters. The molecule has 10 heteroatoms. The minimum absolute atomic E-state index is 0.0430. The Bertz CT molecular complexity index is 843. The van der Waals surface area contributed by atoms with Crippen LogP contribution in [-0.4, -0.2) is 101 Å². The van der Waals surface area contributed by atoms with Gasteiger partial charge in [0.25, 0.3) is 0 Å². The predicted octanol–water partition coefficient (Wildman–Crippen LogP) is 0.954. The maximum Gasteiger partial charge on any atom is 0.245 e. The number of hydrogen-bond acceptors (Lipinski definition) is 7. The van der Waals surface area contributed by atoms with Crippen LogP contribution in [0.4, 0.5) is 0 Å². The summed E-state index contributed by atoms with van der Waals surface area (Å²) >= 11 is 0. The third-order valence-electron chi connectivity index (χ3n) is 7.82. The lowest BCUT2D eigenvalue weighted by molar-refractivity contribution is -0.143. The van der Waals surface area contributed by atoms with E-state index in [4.69, 9.17) is 4.74 Å². The summed E-state index contributed by atoms with van der Waals surface area (Å²) in [7, 11) is 1.90. The van der Waals surface area contributed by atoms with Gasteiger partial charge in [-0.15, -0.1) is 0 Å². The summed E-state index contributed by atoms with van der Waals surface area (Å²) in [6, 6.07) is -3.17. The fourth-order valence-electron chi connectivity index (χ4n) is 5.14. The SMILES string of the molecule is CC[C@H](C)[C@@H](C(=O)N[C@H](C(=O)N[C@@H](CC(C)C)C(=O)[C@@]1(C)CO1)[C@@H](C)O)N1C[C@H](C)[C@H](N(C)CC)C1=O. The molecule has 0 aliphatic carbocycles. The van der Waals surface area contributed by atoms with Crippen molar-refractivity contribution in [3.63, 3.8) is 0 Å². The number of nitrogens with one attached hydrogen (secondary N) is 2. The molecule has 3 N–H and O–H groups in total. The van der Waals surface area contributed by atoms with Crippen LogP contribution in [0.1, 0.15) is 68.2 Å². The summed E-state index contributed by atoms with van der Waals surface area (Å²) in [6.07, 6.45) is -0.151. The van der Waals surface area contributed by atoms with Crippen molar-refractivity contribution in [1.29, 1.82) is 0 Å². The Morgan fingerprint density at radius 2 is 1.76 bits per heavy atom. The summed E-state index contributed by atoms with van der Waals surface area (Å²) in [5.74, 6) is -1.44. The first kappa shape index (κ1) is 31.2. The normalized spacial score (nSPS) is 27.6. The highest BCUT2D eigenvalue weighted by Gasteiger charge is 2.51. The number of ether oxygens (including phenoxy) is 1. The van der Waals surface area contributed by atoms with E-state index in [0.29, 0.717) is 32.5 Å². The van der Waals surface area contributed by atoms with Crippen molar-refractivity contribution in [3.8, 4) is 0 Å². The van der Waals surface area contributed by atoms with Crippen molar-refractivity contribution in [1.82, 2.24) is 20.4 Å². The second-order valence-corrected chi connectivity index (χ2v) is 11.6. The van der Waals surface area contributed by atoms with Crippen LogP contribution in [-0.2, 0) is 23.9 Å². The molecule has 0 spiro atoms. The standard InChI is InChI=1S/C27H48N4O6/c1-10-16(5)21(31-13-17(6)22(26(31)36)30(9)11-2)25(35)29-20(18(7)32)24(34)28-19(12-15(3)4)23(33)27(8)14-37-27/h15-22,32H,10-14H2,1-9H3,(H,28,34)(H,29,35)/t16-,17-,18+,19-,20-,21-,22-,27+/m0/s1. The van der Waals surface area contributed by atoms with Gasteiger partial charge in [0.05, 0.1) is 24.8 Å². The number of ketones is 1. The molecule has 0 unspecified atom stereocenters. The Morgan fingerprint density at radius 1 is 1.16 bits per heavy atom. The van der Waals surface area contributed by atoms with Gasteiger partial charge in [-0.05, 0) is 51.6 Å². The summed E-state index contributed by atoms with van der Waals surface area (Å²) in [4.78, 5) is 56.9. The van der Waals surface area contributed by atoms with Crippen molar-refractivity contribution in [2.75, 3.05) is 26.7 Å². The van der Waals surface area contributed by atoms with E-state index in [9.17, 15) is 24.3 Å². The van der Waals surface area contributed by atoms with Gasteiger partial charge in [0, 0.05) is 6.54 Å². The van der Waals surface area contributed by atoms with Gasteiger partial charge in [0.1, 0.15) is 17.7 Å². The van der Waals surface area contributed by atoms with E-state index in [0.717, 1.165) is 0 Å². The molecule has 10 nitrogen and oxygen atoms in total. The van der Waals surface area contributed by atoms with Crippen molar-refractivity contribution in [3.05, 3.63) is 0 Å². The lowest BCUT2D eigenvalue weighted by Gasteiger charge is -2.34. The van der Waals surface area contributed by atoms with Crippen LogP contribution in [0.15, 0.2) is 0 Å². The van der Waals surface area contributed by atoms with E-state index < -0.39 is 41.6 Å². The average molecular weight is 525 g/mol. The quantitative estimate of drug-likeness (QED) is 0.288. The fourth-order valence-corrected chi connectivity index (χ4v) is 5.14. The largest absolute Gasteiger partial charge is 0.391 e. The molecule has 2 saturated heterocycles. The summed E-state index contributed by atoms with van der Waals surface area (Å²) in [5.41, 5.74) is -0.910. The number of amides is 3. The molecule has 0 radical (unpaired) electrons. The summed E-state index contributed by atoms with van der Waals surface area (Å²) < 4.78 is 5.29. The fraction of sp³-hybridized carbons (Fsp3) is 0.852. The highest BCUT2D eigenvalue weighted by atomic mass is 16.6. The van der Waals surface area contributed by atoms with E-state index in [1.54, 1.807) is 11.8 Å². The lowest BCUT2D eigenvalue weighted by Crippen LogP contribution is -2.61. The Labute approximate surface area is 221 Å². The smallest absolute Gasteiger partial charge is 0.245 e. The zero-order chi connectivity index (χ0) is 28.2. The first-order chi connectivity index (χ1) is 17.2. The van der Waals surface area contributed by atoms with Gasteiger partial charge >= 0.3 is 0 Å². The number of nitrogens with zero attached hydrogens (tertiary/aromatic N) is 2. The van der Waals surface area contributed by atoms with Crippen molar-refractivity contribution in [2.45, 2.75) is 104 Å². The third kappa shape index (κ3) is 7.29. The molecule has 2 aliphatic rings. The van der Waals surface area contributed by atoms with Gasteiger partial charge in [0.2, 0.25) is 17.7 Å². The molecule has 212 valence electrons. The second-order valence-electron chi connectivity index (χ2n) is 11.6. The Kier molecular flexibility index (Phi) is 10.7. The van der Waals surface area contributed by atoms with E-state index in [-0.39, 0.29) is 35.5 Å². The first-order valence-corrected chi connectivity index (χ1v) is 13.7. The zero-order valence-corrected chi connectivity index (χ0v) is 24.0. The zero-order valence-electron chi connectivity index (χ0n) is 24.0. The topological polar surface area (TPSA) is 132 Å². The molecule has 2 heterocycles. The van der Waals surface area contributed by atoms with Crippen LogP contribution in [0.2, 0.25) is 0 Å². The lowest BCUT2D eigenvalue weighted by atomic mass is 9.93. The number of carbonyl (C=O) groups excluding carboxylic acids is 4. The molecule has 3 amide bonds. The van der Waals surface area contributed by atoms with Gasteiger partial charge in [-0.2, -0.15) is 0 Å². The van der Waals surface area contributed by atoms with E-state index >= 15 is 0 Å². The number of likely N-dealkylation sites (tertiary alicyclic amines) is 1. The van der Waals surface area contributed by atoms with Gasteiger partial charge in [-0.1, -0.05) is 48.0 Å². The number of carbonyl (C=O) groups is 4. The molecular weight excluding hydrogens is 476 g/mol. The average Bonchev–Trinajstić information content (AvgIpc) is 3.51. The number of aliphatic hydroxyl groups excluding tert-OH is 1. The van der Waals surface area contributed by atoms with E-state index in [1.165, 1.54) is 6.92 Å². The van der Waals surface area contributed by atoms with Gasteiger partial charge < -0.3 is 25.4 Å². The van der Waals surface area contributed by atoms with Crippen molar-refractivity contribution in [2.24, 2.45) is 17.8 Å². The maximum absolute atomic E-state index is 13.6. The Balaban J connectivity index is 2.24. The van der Waals surface area contributed by atoms with Crippen LogP contribution in [0.5, 0.6) is 0 Å². The van der Waals surface area contributed by atoms with Crippen LogP contribution in [0.3, 0.4) is 0 Å². The van der Waals surface area contributed by atoms with E-state index in [2.05, 4.69) is 10.6 Å². The van der Waals surface area contributed by atoms with Crippen LogP contribution in [0, 0.1) is 17.8 Å². The molecule has 0 bridgehead atoms. The number of rotatable bonds is 14. The monoisotopic (exact) mass is 524 g/mol. The molecule has 0 aromatic carbocycles. The first-order valence-electron chi connectivity index (χ1n) is 13.7. The number of hydrogen-bond donors (Lipinski definition) is 3. The van der Waals surface area contributed by atoms with Gasteiger partial charge in [0.15, 0.2) is 5.78 Å². The molecule has 37 heavy (non-hydrogen) atoms. The maximum atomic E-state index is 13.6. The molecule has 2 rings (SSSR count). The molecular formula is C27H48N4O6. The predicted molar refractivity (Wildman–Crippen MR) is 141 cm³/mol. The van der Waals surface area contributed by atoms with Gasteiger partial charge in [-0.3, -0.25) is 24.1 Å². The number of epoxide rings is 1. The summed E-state index contributed by atoms with van der Waals surface area (Å²) in [6.45, 7) is 16.3. The third-order valence-corrected chi connectivity index (χ3v) is 7.82. The second kappa shape index (κ2) is 12.7. The van der Waals surface area contributed by atoms with E-state index in [1.807, 2.05) is 53.5 Å². The molecule has 0 aromatic rings. The number of aliphatic hydroxyl groups is 1. The Hall–Kier alpha value is -2.04. The number of likely N-dealkylation sites (N-methyl/N-ethyl adjacent to an activating group) is 1. The molecule has 2 fully saturated rings. The highest BCUT2D eigenvalue weighted by Crippen LogP contribution is 2.30. The Morgan fingerprint density at radius 3 is 2.22 bits per heavy atom.